The fraction of sp³-hybridized carbons (Fsp3) is 0.857. The number of carbonyl (C=O) groups excluding carboxylic acids is 2. The molecule has 2 aliphatic rings. The van der Waals surface area contributed by atoms with Crippen LogP contribution in [0, 0.1) is 5.92 Å². The standard InChI is InChI=1S/C14H24N2O2/c1-4-10(2)8-11(3)16-9-13(17)15-7-5-6-12(15)14(16)18/h10-12H,4-9H2,1-3H3. The van der Waals surface area contributed by atoms with E-state index in [2.05, 4.69) is 20.8 Å². The zero-order valence-corrected chi connectivity index (χ0v) is 11.7. The van der Waals surface area contributed by atoms with E-state index in [1.165, 1.54) is 0 Å². The lowest BCUT2D eigenvalue weighted by molar-refractivity contribution is -0.155. The average molecular weight is 252 g/mol. The van der Waals surface area contributed by atoms with E-state index in [9.17, 15) is 9.59 Å². The second-order valence-electron chi connectivity index (χ2n) is 5.81. The van der Waals surface area contributed by atoms with E-state index >= 15 is 0 Å². The predicted molar refractivity (Wildman–Crippen MR) is 70.0 cm³/mol. The fourth-order valence-corrected chi connectivity index (χ4v) is 3.08. The lowest BCUT2D eigenvalue weighted by Gasteiger charge is -2.40. The molecule has 2 aliphatic heterocycles. The molecule has 0 aromatic heterocycles. The Hall–Kier alpha value is -1.06. The third-order valence-electron chi connectivity index (χ3n) is 4.42. The molecule has 2 rings (SSSR count). The third-order valence-corrected chi connectivity index (χ3v) is 4.42. The molecule has 4 heteroatoms. The number of rotatable bonds is 4. The maximum Gasteiger partial charge on any atom is 0.246 e. The SMILES string of the molecule is CCC(C)CC(C)N1CC(=O)N2CCCC2C1=O. The van der Waals surface area contributed by atoms with Crippen LogP contribution < -0.4 is 0 Å². The maximum absolute atomic E-state index is 12.4. The number of nitrogens with zero attached hydrogens (tertiary/aromatic N) is 2. The summed E-state index contributed by atoms with van der Waals surface area (Å²) in [7, 11) is 0. The van der Waals surface area contributed by atoms with Gasteiger partial charge in [-0.3, -0.25) is 9.59 Å². The van der Waals surface area contributed by atoms with Gasteiger partial charge in [-0.15, -0.1) is 0 Å². The second-order valence-corrected chi connectivity index (χ2v) is 5.81. The van der Waals surface area contributed by atoms with Crippen molar-refractivity contribution in [3.8, 4) is 0 Å². The molecule has 102 valence electrons. The largest absolute Gasteiger partial charge is 0.329 e. The van der Waals surface area contributed by atoms with Crippen molar-refractivity contribution in [1.29, 1.82) is 0 Å². The van der Waals surface area contributed by atoms with Crippen molar-refractivity contribution in [2.75, 3.05) is 13.1 Å². The van der Waals surface area contributed by atoms with Gasteiger partial charge in [0.15, 0.2) is 0 Å². The van der Waals surface area contributed by atoms with E-state index in [1.807, 2.05) is 0 Å². The molecule has 0 aromatic carbocycles. The van der Waals surface area contributed by atoms with E-state index in [-0.39, 0.29) is 30.4 Å². The minimum Gasteiger partial charge on any atom is -0.329 e. The monoisotopic (exact) mass is 252 g/mol. The maximum atomic E-state index is 12.4. The molecule has 3 atom stereocenters. The summed E-state index contributed by atoms with van der Waals surface area (Å²) in [5.74, 6) is 0.903. The summed E-state index contributed by atoms with van der Waals surface area (Å²) < 4.78 is 0. The zero-order valence-electron chi connectivity index (χ0n) is 11.7. The number of carbonyl (C=O) groups is 2. The number of amides is 2. The Balaban J connectivity index is 2.04. The van der Waals surface area contributed by atoms with Gasteiger partial charge < -0.3 is 9.80 Å². The molecule has 0 bridgehead atoms. The van der Waals surface area contributed by atoms with Crippen LogP contribution in [0.25, 0.3) is 0 Å². The minimum absolute atomic E-state index is 0.133. The highest BCUT2D eigenvalue weighted by atomic mass is 16.2. The first kappa shape index (κ1) is 13.4. The van der Waals surface area contributed by atoms with Crippen molar-refractivity contribution in [3.05, 3.63) is 0 Å². The molecular formula is C14H24N2O2. The van der Waals surface area contributed by atoms with Gasteiger partial charge in [0, 0.05) is 12.6 Å². The minimum atomic E-state index is -0.161. The topological polar surface area (TPSA) is 40.6 Å². The van der Waals surface area contributed by atoms with Crippen LogP contribution in [-0.2, 0) is 9.59 Å². The van der Waals surface area contributed by atoms with Crippen molar-refractivity contribution in [1.82, 2.24) is 9.80 Å². The molecule has 0 N–H and O–H groups in total. The molecule has 2 saturated heterocycles. The molecule has 18 heavy (non-hydrogen) atoms. The highest BCUT2D eigenvalue weighted by molar-refractivity contribution is 5.95. The molecule has 2 fully saturated rings. The molecule has 0 saturated carbocycles. The summed E-state index contributed by atoms with van der Waals surface area (Å²) >= 11 is 0. The zero-order chi connectivity index (χ0) is 13.3. The average Bonchev–Trinajstić information content (AvgIpc) is 2.83. The fourth-order valence-electron chi connectivity index (χ4n) is 3.08. The smallest absolute Gasteiger partial charge is 0.246 e. The van der Waals surface area contributed by atoms with Gasteiger partial charge in [-0.1, -0.05) is 20.3 Å². The highest BCUT2D eigenvalue weighted by Crippen LogP contribution is 2.26. The van der Waals surface area contributed by atoms with Crippen LogP contribution in [0.3, 0.4) is 0 Å². The van der Waals surface area contributed by atoms with Crippen LogP contribution in [0.5, 0.6) is 0 Å². The van der Waals surface area contributed by atoms with Crippen LogP contribution >= 0.6 is 0 Å². The van der Waals surface area contributed by atoms with Crippen molar-refractivity contribution in [3.63, 3.8) is 0 Å². The number of hydrogen-bond acceptors (Lipinski definition) is 2. The normalized spacial score (nSPS) is 27.4. The summed E-state index contributed by atoms with van der Waals surface area (Å²) in [5, 5.41) is 0. The second kappa shape index (κ2) is 5.29. The van der Waals surface area contributed by atoms with Gasteiger partial charge in [0.05, 0.1) is 0 Å². The third kappa shape index (κ3) is 2.38. The molecule has 0 aromatic rings. The Bertz CT molecular complexity index is 343. The first-order valence-electron chi connectivity index (χ1n) is 7.14. The van der Waals surface area contributed by atoms with Gasteiger partial charge in [0.1, 0.15) is 12.6 Å². The van der Waals surface area contributed by atoms with Crippen LogP contribution in [-0.4, -0.2) is 46.8 Å². The van der Waals surface area contributed by atoms with Crippen molar-refractivity contribution < 1.29 is 9.59 Å². The summed E-state index contributed by atoms with van der Waals surface area (Å²) in [6, 6.07) is 0.0183. The first-order chi connectivity index (χ1) is 8.54. The molecule has 2 heterocycles. The van der Waals surface area contributed by atoms with E-state index in [4.69, 9.17) is 0 Å². The highest BCUT2D eigenvalue weighted by Gasteiger charge is 2.43. The molecule has 3 unspecified atom stereocenters. The van der Waals surface area contributed by atoms with Gasteiger partial charge in [-0.25, -0.2) is 0 Å². The Labute approximate surface area is 109 Å². The summed E-state index contributed by atoms with van der Waals surface area (Å²) in [6.07, 6.45) is 3.92. The Kier molecular flexibility index (Phi) is 3.93. The van der Waals surface area contributed by atoms with Crippen molar-refractivity contribution in [2.24, 2.45) is 5.92 Å². The van der Waals surface area contributed by atoms with Crippen molar-refractivity contribution >= 4 is 11.8 Å². The van der Waals surface area contributed by atoms with Gasteiger partial charge in [0.25, 0.3) is 0 Å². The Morgan fingerprint density at radius 2 is 2.06 bits per heavy atom. The van der Waals surface area contributed by atoms with Gasteiger partial charge in [-0.2, -0.15) is 0 Å². The van der Waals surface area contributed by atoms with Crippen LogP contribution in [0.1, 0.15) is 46.5 Å². The van der Waals surface area contributed by atoms with Crippen LogP contribution in [0.2, 0.25) is 0 Å². The predicted octanol–water partition coefficient (Wildman–Crippen LogP) is 1.64. The molecule has 2 amide bonds. The first-order valence-corrected chi connectivity index (χ1v) is 7.14. The Morgan fingerprint density at radius 3 is 2.72 bits per heavy atom. The van der Waals surface area contributed by atoms with E-state index < -0.39 is 0 Å². The number of fused-ring (bicyclic) bond motifs is 1. The van der Waals surface area contributed by atoms with Crippen LogP contribution in [0.4, 0.5) is 0 Å². The molecule has 0 spiro atoms. The Morgan fingerprint density at radius 1 is 1.33 bits per heavy atom. The number of hydrogen-bond donors (Lipinski definition) is 0. The summed E-state index contributed by atoms with van der Waals surface area (Å²) in [5.41, 5.74) is 0. The van der Waals surface area contributed by atoms with Gasteiger partial charge in [-0.05, 0) is 32.1 Å². The number of piperazine rings is 1. The summed E-state index contributed by atoms with van der Waals surface area (Å²) in [4.78, 5) is 28.0. The van der Waals surface area contributed by atoms with E-state index in [0.29, 0.717) is 5.92 Å². The van der Waals surface area contributed by atoms with Gasteiger partial charge in [0.2, 0.25) is 11.8 Å². The van der Waals surface area contributed by atoms with E-state index in [0.717, 1.165) is 32.2 Å². The molecular weight excluding hydrogens is 228 g/mol. The van der Waals surface area contributed by atoms with E-state index in [1.54, 1.807) is 9.80 Å². The lowest BCUT2D eigenvalue weighted by Crippen LogP contribution is -2.59. The molecule has 0 radical (unpaired) electrons. The molecule has 0 aliphatic carbocycles. The molecule has 4 nitrogen and oxygen atoms in total. The quantitative estimate of drug-likeness (QED) is 0.763. The van der Waals surface area contributed by atoms with Gasteiger partial charge >= 0.3 is 0 Å². The van der Waals surface area contributed by atoms with Crippen molar-refractivity contribution in [2.45, 2.75) is 58.5 Å². The van der Waals surface area contributed by atoms with Crippen LogP contribution in [0.15, 0.2) is 0 Å². The summed E-state index contributed by atoms with van der Waals surface area (Å²) in [6.45, 7) is 7.49. The lowest BCUT2D eigenvalue weighted by atomic mass is 9.98.